The third kappa shape index (κ3) is 5.77. The van der Waals surface area contributed by atoms with Gasteiger partial charge in [0.25, 0.3) is 0 Å². The predicted octanol–water partition coefficient (Wildman–Crippen LogP) is 4.53. The highest BCUT2D eigenvalue weighted by Crippen LogP contribution is 2.34. The van der Waals surface area contributed by atoms with Crippen molar-refractivity contribution in [1.29, 1.82) is 0 Å². The van der Waals surface area contributed by atoms with Crippen LogP contribution in [-0.4, -0.2) is 29.1 Å². The average molecular weight is 502 g/mol. The number of pyridine rings is 2. The molecular weight excluding hydrogens is 487 g/mol. The molecule has 0 spiro atoms. The van der Waals surface area contributed by atoms with E-state index in [4.69, 9.17) is 0 Å². The normalized spacial score (nSPS) is 12.2. The van der Waals surface area contributed by atoms with Crippen LogP contribution >= 0.6 is 15.9 Å². The SMILES string of the molecule is O=S(=O)(c1ccc(Br)cc1OC(F)(F)F)N(Cc1cccnc1)Cc1cccnc1. The summed E-state index contributed by atoms with van der Waals surface area (Å²) >= 11 is 3.04. The lowest BCUT2D eigenvalue weighted by Crippen LogP contribution is -2.31. The smallest absolute Gasteiger partial charge is 0.404 e. The van der Waals surface area contributed by atoms with Crippen molar-refractivity contribution in [3.63, 3.8) is 0 Å². The molecule has 0 fully saturated rings. The molecule has 1 aromatic carbocycles. The van der Waals surface area contributed by atoms with E-state index in [0.29, 0.717) is 11.1 Å². The lowest BCUT2D eigenvalue weighted by atomic mass is 10.2. The van der Waals surface area contributed by atoms with E-state index in [1.165, 1.54) is 30.9 Å². The summed E-state index contributed by atoms with van der Waals surface area (Å²) in [6.45, 7) is -0.209. The number of benzene rings is 1. The van der Waals surface area contributed by atoms with E-state index >= 15 is 0 Å². The molecule has 3 aromatic rings. The lowest BCUT2D eigenvalue weighted by Gasteiger charge is -2.24. The second-order valence-electron chi connectivity index (χ2n) is 6.13. The summed E-state index contributed by atoms with van der Waals surface area (Å²) in [4.78, 5) is 7.33. The molecule has 30 heavy (non-hydrogen) atoms. The summed E-state index contributed by atoms with van der Waals surface area (Å²) in [5, 5.41) is 0. The van der Waals surface area contributed by atoms with E-state index in [0.717, 1.165) is 16.4 Å². The molecule has 0 radical (unpaired) electrons. The minimum Gasteiger partial charge on any atom is -0.404 e. The van der Waals surface area contributed by atoms with Gasteiger partial charge in [-0.3, -0.25) is 9.97 Å². The zero-order chi connectivity index (χ0) is 21.8. The summed E-state index contributed by atoms with van der Waals surface area (Å²) in [6, 6.07) is 10.0. The Morgan fingerprint density at radius 1 is 0.967 bits per heavy atom. The molecular formula is C19H15BrF3N3O3S. The molecule has 0 N–H and O–H groups in total. The molecule has 0 saturated carbocycles. The van der Waals surface area contributed by atoms with Gasteiger partial charge in [0, 0.05) is 42.3 Å². The van der Waals surface area contributed by atoms with Crippen LogP contribution in [0.25, 0.3) is 0 Å². The van der Waals surface area contributed by atoms with Crippen molar-refractivity contribution in [2.45, 2.75) is 24.3 Å². The first-order valence-electron chi connectivity index (χ1n) is 8.48. The van der Waals surface area contributed by atoms with E-state index in [2.05, 4.69) is 30.6 Å². The molecule has 11 heteroatoms. The van der Waals surface area contributed by atoms with Gasteiger partial charge in [-0.25, -0.2) is 8.42 Å². The van der Waals surface area contributed by atoms with Crippen LogP contribution in [0.15, 0.2) is 76.6 Å². The van der Waals surface area contributed by atoms with Crippen molar-refractivity contribution < 1.29 is 26.3 Å². The molecule has 2 heterocycles. The molecule has 6 nitrogen and oxygen atoms in total. The fourth-order valence-corrected chi connectivity index (χ4v) is 4.51. The van der Waals surface area contributed by atoms with Crippen molar-refractivity contribution in [3.8, 4) is 5.75 Å². The number of hydrogen-bond donors (Lipinski definition) is 0. The number of hydrogen-bond acceptors (Lipinski definition) is 5. The Morgan fingerprint density at radius 3 is 2.00 bits per heavy atom. The summed E-state index contributed by atoms with van der Waals surface area (Å²) in [5.41, 5.74) is 1.14. The highest BCUT2D eigenvalue weighted by molar-refractivity contribution is 9.10. The van der Waals surface area contributed by atoms with Crippen LogP contribution in [0, 0.1) is 0 Å². The molecule has 0 aliphatic rings. The molecule has 0 atom stereocenters. The number of halogens is 4. The van der Waals surface area contributed by atoms with Crippen molar-refractivity contribution >= 4 is 26.0 Å². The Morgan fingerprint density at radius 2 is 1.53 bits per heavy atom. The number of aromatic nitrogens is 2. The monoisotopic (exact) mass is 501 g/mol. The molecule has 0 aliphatic heterocycles. The maximum Gasteiger partial charge on any atom is 0.573 e. The van der Waals surface area contributed by atoms with Crippen LogP contribution < -0.4 is 4.74 Å². The topological polar surface area (TPSA) is 72.4 Å². The molecule has 0 unspecified atom stereocenters. The maximum absolute atomic E-state index is 13.4. The molecule has 0 amide bonds. The summed E-state index contributed by atoms with van der Waals surface area (Å²) in [5.74, 6) is -0.820. The Bertz CT molecular complexity index is 1060. The van der Waals surface area contributed by atoms with Crippen LogP contribution in [0.4, 0.5) is 13.2 Å². The van der Waals surface area contributed by atoms with Crippen LogP contribution in [0.1, 0.15) is 11.1 Å². The largest absolute Gasteiger partial charge is 0.573 e. The third-order valence-corrected chi connectivity index (χ3v) is 6.24. The zero-order valence-electron chi connectivity index (χ0n) is 15.3. The fraction of sp³-hybridized carbons (Fsp3) is 0.158. The molecule has 3 rings (SSSR count). The van der Waals surface area contributed by atoms with Gasteiger partial charge >= 0.3 is 6.36 Å². The van der Waals surface area contributed by atoms with E-state index < -0.39 is 27.0 Å². The van der Waals surface area contributed by atoms with Crippen LogP contribution in [0.3, 0.4) is 0 Å². The van der Waals surface area contributed by atoms with Crippen molar-refractivity contribution in [3.05, 3.63) is 82.9 Å². The molecule has 158 valence electrons. The van der Waals surface area contributed by atoms with E-state index in [9.17, 15) is 21.6 Å². The fourth-order valence-electron chi connectivity index (χ4n) is 2.65. The van der Waals surface area contributed by atoms with Crippen LogP contribution in [-0.2, 0) is 23.1 Å². The van der Waals surface area contributed by atoms with Gasteiger partial charge in [0.1, 0.15) is 4.90 Å². The van der Waals surface area contributed by atoms with E-state index in [-0.39, 0.29) is 17.6 Å². The van der Waals surface area contributed by atoms with Crippen molar-refractivity contribution in [1.82, 2.24) is 14.3 Å². The van der Waals surface area contributed by atoms with Gasteiger partial charge in [-0.1, -0.05) is 28.1 Å². The van der Waals surface area contributed by atoms with E-state index in [1.807, 2.05) is 0 Å². The molecule has 0 bridgehead atoms. The first-order valence-corrected chi connectivity index (χ1v) is 10.7. The average Bonchev–Trinajstić information content (AvgIpc) is 2.68. The van der Waals surface area contributed by atoms with Gasteiger partial charge in [-0.2, -0.15) is 4.31 Å². The first kappa shape index (κ1) is 22.2. The van der Waals surface area contributed by atoms with Crippen LogP contribution in [0.2, 0.25) is 0 Å². The van der Waals surface area contributed by atoms with Gasteiger partial charge in [-0.15, -0.1) is 13.2 Å². The van der Waals surface area contributed by atoms with Crippen molar-refractivity contribution in [2.24, 2.45) is 0 Å². The van der Waals surface area contributed by atoms with Gasteiger partial charge in [0.05, 0.1) is 0 Å². The second-order valence-corrected chi connectivity index (χ2v) is 8.96. The Hall–Kier alpha value is -2.50. The maximum atomic E-state index is 13.4. The Labute approximate surface area is 179 Å². The van der Waals surface area contributed by atoms with E-state index in [1.54, 1.807) is 24.3 Å². The number of ether oxygens (including phenoxy) is 1. The van der Waals surface area contributed by atoms with Gasteiger partial charge in [0.2, 0.25) is 10.0 Å². The Kier molecular flexibility index (Phi) is 6.74. The zero-order valence-corrected chi connectivity index (χ0v) is 17.7. The first-order chi connectivity index (χ1) is 14.1. The molecule has 0 saturated heterocycles. The number of alkyl halides is 3. The standard InChI is InChI=1S/C19H15BrF3N3O3S/c20-16-5-6-18(17(9-16)29-19(21,22)23)30(27,28)26(12-14-3-1-7-24-10-14)13-15-4-2-8-25-11-15/h1-11H,12-13H2. The molecule has 2 aromatic heterocycles. The molecule has 0 aliphatic carbocycles. The lowest BCUT2D eigenvalue weighted by molar-refractivity contribution is -0.275. The number of sulfonamides is 1. The predicted molar refractivity (Wildman–Crippen MR) is 106 cm³/mol. The second kappa shape index (κ2) is 9.11. The summed E-state index contributed by atoms with van der Waals surface area (Å²) < 4.78 is 70.7. The minimum absolute atomic E-state index is 0.105. The summed E-state index contributed by atoms with van der Waals surface area (Å²) in [7, 11) is -4.39. The third-order valence-electron chi connectivity index (χ3n) is 3.91. The minimum atomic E-state index is -5.05. The Balaban J connectivity index is 2.05. The van der Waals surface area contributed by atoms with Crippen molar-refractivity contribution in [2.75, 3.05) is 0 Å². The quantitative estimate of drug-likeness (QED) is 0.475. The summed E-state index contributed by atoms with van der Waals surface area (Å²) in [6.07, 6.45) is 0.991. The van der Waals surface area contributed by atoms with Gasteiger partial charge in [-0.05, 0) is 41.5 Å². The number of rotatable bonds is 7. The van der Waals surface area contributed by atoms with Gasteiger partial charge < -0.3 is 4.74 Å². The number of nitrogens with zero attached hydrogens (tertiary/aromatic N) is 3. The highest BCUT2D eigenvalue weighted by atomic mass is 79.9. The highest BCUT2D eigenvalue weighted by Gasteiger charge is 2.36. The van der Waals surface area contributed by atoms with Crippen LogP contribution in [0.5, 0.6) is 5.75 Å². The van der Waals surface area contributed by atoms with Gasteiger partial charge in [0.15, 0.2) is 5.75 Å².